The molecule has 0 radical (unpaired) electrons. The summed E-state index contributed by atoms with van der Waals surface area (Å²) in [6, 6.07) is 0.852. The second-order valence-electron chi connectivity index (χ2n) is 3.44. The Hall–Kier alpha value is -0.370. The molecule has 2 rings (SSSR count). The molecule has 0 aromatic carbocycles. The van der Waals surface area contributed by atoms with E-state index in [-0.39, 0.29) is 13.5 Å². The molecule has 1 saturated heterocycles. The minimum atomic E-state index is 0. The molecule has 0 spiro atoms. The third kappa shape index (κ3) is 7.54. The van der Waals surface area contributed by atoms with E-state index in [2.05, 4.69) is 5.32 Å². The maximum absolute atomic E-state index is 10.4. The Balaban J connectivity index is -0.000000248. The number of fused-ring (bicyclic) bond motifs is 1. The first-order chi connectivity index (χ1) is 7.90. The number of carbonyl (C=O) groups is 1. The summed E-state index contributed by atoms with van der Waals surface area (Å²) in [6.45, 7) is 12.0. The summed E-state index contributed by atoms with van der Waals surface area (Å²) in [4.78, 5) is 10.4. The molecular formula is C15H35NO. The van der Waals surface area contributed by atoms with Crippen LogP contribution in [0.4, 0.5) is 0 Å². The highest BCUT2D eigenvalue weighted by molar-refractivity contribution is 5.58. The standard InChI is InChI=1S/C8H13NO.3C2H6.CH4/c10-5-7-4-6-2-1-3-8(6)9-7;3*1-2;/h5-9H,1-4H2;3*1-2H3;1H4. The summed E-state index contributed by atoms with van der Waals surface area (Å²) in [5.74, 6) is 0.815. The van der Waals surface area contributed by atoms with Crippen LogP contribution in [0.25, 0.3) is 0 Å². The SMILES string of the molecule is C.CC.CC.CC.O=CC1CC2CCCC2N1. The van der Waals surface area contributed by atoms with Gasteiger partial charge in [-0.05, 0) is 25.2 Å². The molecule has 0 aromatic rings. The number of nitrogens with one attached hydrogen (secondary N) is 1. The lowest BCUT2D eigenvalue weighted by atomic mass is 10.0. The molecule has 17 heavy (non-hydrogen) atoms. The van der Waals surface area contributed by atoms with E-state index in [0.29, 0.717) is 6.04 Å². The van der Waals surface area contributed by atoms with Gasteiger partial charge in [-0.25, -0.2) is 0 Å². The zero-order chi connectivity index (χ0) is 13.0. The van der Waals surface area contributed by atoms with Crippen molar-refractivity contribution in [2.24, 2.45) is 5.92 Å². The molecule has 1 heterocycles. The van der Waals surface area contributed by atoms with E-state index < -0.39 is 0 Å². The Morgan fingerprint density at radius 2 is 1.53 bits per heavy atom. The number of carbonyl (C=O) groups excluding carboxylic acids is 1. The van der Waals surface area contributed by atoms with Crippen molar-refractivity contribution in [2.45, 2.75) is 86.7 Å². The average molecular weight is 245 g/mol. The highest BCUT2D eigenvalue weighted by Gasteiger charge is 2.36. The van der Waals surface area contributed by atoms with E-state index in [9.17, 15) is 4.79 Å². The molecule has 0 bridgehead atoms. The van der Waals surface area contributed by atoms with Crippen LogP contribution < -0.4 is 5.32 Å². The highest BCUT2D eigenvalue weighted by Crippen LogP contribution is 2.33. The molecule has 1 N–H and O–H groups in total. The van der Waals surface area contributed by atoms with Crippen LogP contribution in [0.1, 0.15) is 74.7 Å². The fraction of sp³-hybridized carbons (Fsp3) is 0.933. The van der Waals surface area contributed by atoms with Crippen molar-refractivity contribution < 1.29 is 4.79 Å². The third-order valence-electron chi connectivity index (χ3n) is 2.81. The summed E-state index contributed by atoms with van der Waals surface area (Å²) < 4.78 is 0. The first-order valence-electron chi connectivity index (χ1n) is 7.11. The maximum atomic E-state index is 10.4. The molecule has 2 heteroatoms. The summed E-state index contributed by atoms with van der Waals surface area (Å²) in [5, 5.41) is 3.33. The van der Waals surface area contributed by atoms with Crippen LogP contribution in [0, 0.1) is 5.92 Å². The first-order valence-corrected chi connectivity index (χ1v) is 7.11. The van der Waals surface area contributed by atoms with Crippen molar-refractivity contribution in [2.75, 3.05) is 0 Å². The molecule has 3 atom stereocenters. The van der Waals surface area contributed by atoms with Crippen LogP contribution in [0.15, 0.2) is 0 Å². The third-order valence-corrected chi connectivity index (χ3v) is 2.81. The fourth-order valence-corrected chi connectivity index (χ4v) is 2.30. The molecule has 2 aliphatic rings. The van der Waals surface area contributed by atoms with Crippen LogP contribution >= 0.6 is 0 Å². The van der Waals surface area contributed by atoms with Gasteiger partial charge in [-0.1, -0.05) is 55.4 Å². The van der Waals surface area contributed by atoms with Gasteiger partial charge in [-0.3, -0.25) is 0 Å². The van der Waals surface area contributed by atoms with Crippen molar-refractivity contribution in [1.29, 1.82) is 0 Å². The lowest BCUT2D eigenvalue weighted by Gasteiger charge is -2.06. The van der Waals surface area contributed by atoms with Gasteiger partial charge in [0.1, 0.15) is 6.29 Å². The van der Waals surface area contributed by atoms with Crippen LogP contribution in [0.5, 0.6) is 0 Å². The topological polar surface area (TPSA) is 29.1 Å². The summed E-state index contributed by atoms with van der Waals surface area (Å²) in [5.41, 5.74) is 0. The Morgan fingerprint density at radius 1 is 1.00 bits per heavy atom. The van der Waals surface area contributed by atoms with Crippen LogP contribution in [0.2, 0.25) is 0 Å². The van der Waals surface area contributed by atoms with Gasteiger partial charge < -0.3 is 10.1 Å². The molecule has 106 valence electrons. The minimum absolute atomic E-state index is 0. The lowest BCUT2D eigenvalue weighted by molar-refractivity contribution is -0.109. The number of hydrogen-bond donors (Lipinski definition) is 1. The highest BCUT2D eigenvalue weighted by atomic mass is 16.1. The van der Waals surface area contributed by atoms with Crippen molar-refractivity contribution in [3.05, 3.63) is 0 Å². The van der Waals surface area contributed by atoms with E-state index in [4.69, 9.17) is 0 Å². The number of rotatable bonds is 1. The fourth-order valence-electron chi connectivity index (χ4n) is 2.30. The largest absolute Gasteiger partial charge is 0.305 e. The van der Waals surface area contributed by atoms with Crippen molar-refractivity contribution >= 4 is 6.29 Å². The van der Waals surface area contributed by atoms with E-state index >= 15 is 0 Å². The summed E-state index contributed by atoms with van der Waals surface area (Å²) in [7, 11) is 0. The molecular weight excluding hydrogens is 210 g/mol. The van der Waals surface area contributed by atoms with Gasteiger partial charge in [-0.2, -0.15) is 0 Å². The molecule has 3 unspecified atom stereocenters. The van der Waals surface area contributed by atoms with E-state index in [1.165, 1.54) is 19.3 Å². The van der Waals surface area contributed by atoms with Gasteiger partial charge in [-0.15, -0.1) is 0 Å². The van der Waals surface area contributed by atoms with Gasteiger partial charge in [0.2, 0.25) is 0 Å². The van der Waals surface area contributed by atoms with Crippen molar-refractivity contribution in [3.8, 4) is 0 Å². The van der Waals surface area contributed by atoms with Crippen LogP contribution in [-0.2, 0) is 4.79 Å². The summed E-state index contributed by atoms with van der Waals surface area (Å²) >= 11 is 0. The number of hydrogen-bond acceptors (Lipinski definition) is 2. The normalized spacial score (nSPS) is 27.8. The maximum Gasteiger partial charge on any atom is 0.136 e. The van der Waals surface area contributed by atoms with E-state index in [0.717, 1.165) is 18.6 Å². The summed E-state index contributed by atoms with van der Waals surface area (Å²) in [6.07, 6.45) is 6.12. The van der Waals surface area contributed by atoms with Crippen molar-refractivity contribution in [1.82, 2.24) is 5.32 Å². The zero-order valence-electron chi connectivity index (χ0n) is 12.0. The van der Waals surface area contributed by atoms with Crippen LogP contribution in [-0.4, -0.2) is 18.4 Å². The Labute approximate surface area is 110 Å². The first kappa shape index (κ1) is 21.9. The second kappa shape index (κ2) is 15.6. The average Bonchev–Trinajstić information content (AvgIpc) is 2.97. The molecule has 2 nitrogen and oxygen atoms in total. The van der Waals surface area contributed by atoms with Gasteiger partial charge in [0.15, 0.2) is 0 Å². The van der Waals surface area contributed by atoms with Gasteiger partial charge in [0, 0.05) is 6.04 Å². The van der Waals surface area contributed by atoms with E-state index in [1.807, 2.05) is 41.5 Å². The second-order valence-corrected chi connectivity index (χ2v) is 3.44. The monoisotopic (exact) mass is 245 g/mol. The van der Waals surface area contributed by atoms with Gasteiger partial charge >= 0.3 is 0 Å². The molecule has 0 amide bonds. The quantitative estimate of drug-likeness (QED) is 0.692. The molecule has 2 fully saturated rings. The van der Waals surface area contributed by atoms with Gasteiger partial charge in [0.25, 0.3) is 0 Å². The minimum Gasteiger partial charge on any atom is -0.305 e. The molecule has 0 aromatic heterocycles. The Morgan fingerprint density at radius 3 is 1.94 bits per heavy atom. The molecule has 1 aliphatic carbocycles. The van der Waals surface area contributed by atoms with Crippen molar-refractivity contribution in [3.63, 3.8) is 0 Å². The Bertz CT molecular complexity index is 136. The Kier molecular flexibility index (Phi) is 20.1. The van der Waals surface area contributed by atoms with Gasteiger partial charge in [0.05, 0.1) is 6.04 Å². The zero-order valence-corrected chi connectivity index (χ0v) is 12.0. The predicted octanol–water partition coefficient (Wildman–Crippen LogP) is 4.43. The van der Waals surface area contributed by atoms with Crippen LogP contribution in [0.3, 0.4) is 0 Å². The molecule has 1 aliphatic heterocycles. The predicted molar refractivity (Wildman–Crippen MR) is 79.5 cm³/mol. The lowest BCUT2D eigenvalue weighted by Crippen LogP contribution is -2.29. The number of aldehydes is 1. The van der Waals surface area contributed by atoms with E-state index in [1.54, 1.807) is 0 Å². The smallest absolute Gasteiger partial charge is 0.136 e. The molecule has 1 saturated carbocycles.